The van der Waals surface area contributed by atoms with Crippen LogP contribution in [0, 0.1) is 6.92 Å². The molecule has 162 valence electrons. The van der Waals surface area contributed by atoms with Crippen LogP contribution >= 0.6 is 11.6 Å². The minimum absolute atomic E-state index is 0.00289. The van der Waals surface area contributed by atoms with Gasteiger partial charge in [-0.05, 0) is 55.5 Å². The van der Waals surface area contributed by atoms with E-state index in [0.717, 1.165) is 11.3 Å². The zero-order valence-electron chi connectivity index (χ0n) is 17.4. The van der Waals surface area contributed by atoms with Gasteiger partial charge in [0.1, 0.15) is 30.3 Å². The number of carbonyl (C=O) groups excluding carboxylic acids is 2. The summed E-state index contributed by atoms with van der Waals surface area (Å²) < 4.78 is 11.5. The Balaban J connectivity index is 1.48. The smallest absolute Gasteiger partial charge is 0.282 e. The number of nitrogens with zero attached hydrogens (tertiary/aromatic N) is 1. The molecule has 1 aliphatic heterocycles. The van der Waals surface area contributed by atoms with Crippen molar-refractivity contribution in [2.75, 3.05) is 18.2 Å². The Hall–Kier alpha value is -3.77. The molecule has 1 saturated heterocycles. The second kappa shape index (κ2) is 9.58. The Morgan fingerprint density at radius 3 is 2.41 bits per heavy atom. The number of carbonyl (C=O) groups is 2. The highest BCUT2D eigenvalue weighted by Gasteiger charge is 2.34. The van der Waals surface area contributed by atoms with E-state index in [1.165, 1.54) is 11.1 Å². The Labute approximate surface area is 191 Å². The van der Waals surface area contributed by atoms with Gasteiger partial charge in [-0.3, -0.25) is 15.0 Å². The molecule has 0 atom stereocenters. The average molecular weight is 449 g/mol. The van der Waals surface area contributed by atoms with Gasteiger partial charge in [0.25, 0.3) is 11.8 Å². The minimum atomic E-state index is -0.493. The van der Waals surface area contributed by atoms with E-state index < -0.39 is 11.8 Å². The standard InChI is InChI=1S/C25H21ClN2O4/c1-17-7-10-21(11-8-17)31-13-14-32-23-12-9-19(26)15-18(23)16-22-24(29)27-28(25(22)30)20-5-3-2-4-6-20/h2-12,15-16H,13-14H2,1H3,(H,27,29). The minimum Gasteiger partial charge on any atom is -0.490 e. The zero-order chi connectivity index (χ0) is 22.5. The molecule has 1 heterocycles. The lowest BCUT2D eigenvalue weighted by Gasteiger charge is -2.14. The lowest BCUT2D eigenvalue weighted by molar-refractivity contribution is -0.117. The number of hydrogen-bond acceptors (Lipinski definition) is 4. The van der Waals surface area contributed by atoms with Gasteiger partial charge in [0.05, 0.1) is 5.69 Å². The van der Waals surface area contributed by atoms with Crippen molar-refractivity contribution in [2.45, 2.75) is 6.92 Å². The van der Waals surface area contributed by atoms with Crippen molar-refractivity contribution in [2.24, 2.45) is 0 Å². The summed E-state index contributed by atoms with van der Waals surface area (Å²) in [6.07, 6.45) is 1.49. The Morgan fingerprint density at radius 1 is 0.938 bits per heavy atom. The summed E-state index contributed by atoms with van der Waals surface area (Å²) in [6, 6.07) is 21.7. The predicted molar refractivity (Wildman–Crippen MR) is 124 cm³/mol. The van der Waals surface area contributed by atoms with Crippen LogP contribution in [0.3, 0.4) is 0 Å². The molecule has 0 saturated carbocycles. The molecule has 0 spiro atoms. The summed E-state index contributed by atoms with van der Waals surface area (Å²) >= 11 is 6.15. The number of halogens is 1. The van der Waals surface area contributed by atoms with Crippen molar-refractivity contribution >= 4 is 35.2 Å². The van der Waals surface area contributed by atoms with Crippen LogP contribution in [0.1, 0.15) is 11.1 Å². The van der Waals surface area contributed by atoms with Crippen LogP contribution in [0.5, 0.6) is 11.5 Å². The number of para-hydroxylation sites is 1. The maximum atomic E-state index is 12.8. The molecule has 0 aromatic heterocycles. The average Bonchev–Trinajstić information content (AvgIpc) is 3.08. The first kappa shape index (κ1) is 21.5. The number of anilines is 1. The fourth-order valence-electron chi connectivity index (χ4n) is 3.18. The van der Waals surface area contributed by atoms with Crippen LogP contribution in [0.4, 0.5) is 5.69 Å². The summed E-state index contributed by atoms with van der Waals surface area (Å²) in [7, 11) is 0. The molecule has 4 rings (SSSR count). The lowest BCUT2D eigenvalue weighted by atomic mass is 10.1. The summed E-state index contributed by atoms with van der Waals surface area (Å²) in [4.78, 5) is 25.3. The van der Waals surface area contributed by atoms with Gasteiger partial charge in [-0.2, -0.15) is 0 Å². The number of hydrogen-bond donors (Lipinski definition) is 1. The summed E-state index contributed by atoms with van der Waals surface area (Å²) in [6.45, 7) is 2.63. The molecule has 1 fully saturated rings. The van der Waals surface area contributed by atoms with Gasteiger partial charge in [-0.25, -0.2) is 5.01 Å². The first-order chi connectivity index (χ1) is 15.5. The zero-order valence-corrected chi connectivity index (χ0v) is 18.1. The highest BCUT2D eigenvalue weighted by Crippen LogP contribution is 2.28. The van der Waals surface area contributed by atoms with Gasteiger partial charge in [0, 0.05) is 10.6 Å². The molecule has 3 aromatic carbocycles. The van der Waals surface area contributed by atoms with E-state index in [2.05, 4.69) is 5.43 Å². The van der Waals surface area contributed by atoms with Crippen molar-refractivity contribution < 1.29 is 19.1 Å². The molecule has 0 unspecified atom stereocenters. The molecule has 0 radical (unpaired) electrons. The third-order valence-corrected chi connectivity index (χ3v) is 5.04. The maximum absolute atomic E-state index is 12.8. The number of aryl methyl sites for hydroxylation is 1. The molecule has 1 aliphatic rings. The van der Waals surface area contributed by atoms with Crippen LogP contribution in [-0.2, 0) is 9.59 Å². The van der Waals surface area contributed by atoms with Gasteiger partial charge in [0.15, 0.2) is 0 Å². The largest absolute Gasteiger partial charge is 0.490 e. The van der Waals surface area contributed by atoms with Crippen molar-refractivity contribution in [3.05, 3.63) is 94.5 Å². The molecule has 1 N–H and O–H groups in total. The van der Waals surface area contributed by atoms with Gasteiger partial charge in [0.2, 0.25) is 0 Å². The van der Waals surface area contributed by atoms with Crippen LogP contribution in [0.15, 0.2) is 78.4 Å². The van der Waals surface area contributed by atoms with Gasteiger partial charge >= 0.3 is 0 Å². The summed E-state index contributed by atoms with van der Waals surface area (Å²) in [5.41, 5.74) is 4.84. The molecular formula is C25H21ClN2O4. The Morgan fingerprint density at radius 2 is 1.66 bits per heavy atom. The summed E-state index contributed by atoms with van der Waals surface area (Å²) in [5, 5.41) is 1.68. The van der Waals surface area contributed by atoms with E-state index in [0.29, 0.717) is 28.6 Å². The van der Waals surface area contributed by atoms with E-state index in [1.807, 2.05) is 37.3 Å². The number of ether oxygens (including phenoxy) is 2. The Bertz CT molecular complexity index is 1160. The van der Waals surface area contributed by atoms with Crippen molar-refractivity contribution in [3.8, 4) is 11.5 Å². The van der Waals surface area contributed by atoms with Crippen molar-refractivity contribution in [1.29, 1.82) is 0 Å². The van der Waals surface area contributed by atoms with E-state index in [1.54, 1.807) is 42.5 Å². The third kappa shape index (κ3) is 4.92. The van der Waals surface area contributed by atoms with Gasteiger partial charge < -0.3 is 9.47 Å². The second-order valence-electron chi connectivity index (χ2n) is 7.17. The quantitative estimate of drug-likeness (QED) is 0.326. The van der Waals surface area contributed by atoms with Crippen LogP contribution in [-0.4, -0.2) is 25.0 Å². The maximum Gasteiger partial charge on any atom is 0.282 e. The number of hydrazine groups is 1. The molecule has 2 amide bonds. The van der Waals surface area contributed by atoms with E-state index >= 15 is 0 Å². The fourth-order valence-corrected chi connectivity index (χ4v) is 3.36. The molecule has 32 heavy (non-hydrogen) atoms. The van der Waals surface area contributed by atoms with Crippen LogP contribution in [0.2, 0.25) is 5.02 Å². The molecule has 0 bridgehead atoms. The topological polar surface area (TPSA) is 67.9 Å². The molecule has 3 aromatic rings. The first-order valence-corrected chi connectivity index (χ1v) is 10.4. The van der Waals surface area contributed by atoms with Gasteiger partial charge in [-0.1, -0.05) is 47.5 Å². The monoisotopic (exact) mass is 448 g/mol. The third-order valence-electron chi connectivity index (χ3n) is 4.81. The lowest BCUT2D eigenvalue weighted by Crippen LogP contribution is -2.35. The van der Waals surface area contributed by atoms with Crippen LogP contribution in [0.25, 0.3) is 6.08 Å². The molecule has 0 aliphatic carbocycles. The first-order valence-electron chi connectivity index (χ1n) is 10.1. The van der Waals surface area contributed by atoms with E-state index in [-0.39, 0.29) is 12.2 Å². The molecule has 6 nitrogen and oxygen atoms in total. The molecular weight excluding hydrogens is 428 g/mol. The normalized spacial score (nSPS) is 14.6. The SMILES string of the molecule is Cc1ccc(OCCOc2ccc(Cl)cc2C=C2C(=O)NN(c3ccccc3)C2=O)cc1. The Kier molecular flexibility index (Phi) is 6.42. The number of rotatable bonds is 7. The predicted octanol–water partition coefficient (Wildman–Crippen LogP) is 4.57. The second-order valence-corrected chi connectivity index (χ2v) is 7.60. The van der Waals surface area contributed by atoms with Crippen LogP contribution < -0.4 is 19.9 Å². The van der Waals surface area contributed by atoms with Gasteiger partial charge in [-0.15, -0.1) is 0 Å². The number of amides is 2. The van der Waals surface area contributed by atoms with E-state index in [9.17, 15) is 9.59 Å². The summed E-state index contributed by atoms with van der Waals surface area (Å²) in [5.74, 6) is 0.308. The van der Waals surface area contributed by atoms with Crippen molar-refractivity contribution in [3.63, 3.8) is 0 Å². The molecule has 7 heteroatoms. The van der Waals surface area contributed by atoms with E-state index in [4.69, 9.17) is 21.1 Å². The number of nitrogens with one attached hydrogen (secondary N) is 1. The highest BCUT2D eigenvalue weighted by molar-refractivity contribution is 6.32. The fraction of sp³-hybridized carbons (Fsp3) is 0.120. The number of benzene rings is 3. The van der Waals surface area contributed by atoms with Crippen molar-refractivity contribution in [1.82, 2.24) is 5.43 Å². The highest BCUT2D eigenvalue weighted by atomic mass is 35.5.